The molecule has 1 fully saturated rings. The van der Waals surface area contributed by atoms with E-state index in [4.69, 9.17) is 9.26 Å². The molecule has 1 aliphatic rings. The fourth-order valence-electron chi connectivity index (χ4n) is 2.65. The van der Waals surface area contributed by atoms with Crippen LogP contribution in [0.3, 0.4) is 0 Å². The minimum Gasteiger partial charge on any atom is -0.384 e. The molecule has 0 spiro atoms. The molecule has 0 radical (unpaired) electrons. The molecule has 0 aromatic carbocycles. The van der Waals surface area contributed by atoms with E-state index in [1.54, 1.807) is 18.0 Å². The van der Waals surface area contributed by atoms with Crippen molar-refractivity contribution >= 4 is 17.2 Å². The summed E-state index contributed by atoms with van der Waals surface area (Å²) in [5, 5.41) is 5.75. The summed E-state index contributed by atoms with van der Waals surface area (Å²) in [4.78, 5) is 25.0. The summed E-state index contributed by atoms with van der Waals surface area (Å²) in [6.07, 6.45) is 1.57. The molecular weight excluding hydrogens is 330 g/mol. The number of thiazole rings is 1. The summed E-state index contributed by atoms with van der Waals surface area (Å²) in [7, 11) is 1.65. The summed E-state index contributed by atoms with van der Waals surface area (Å²) in [5.41, 5.74) is 2.22. The van der Waals surface area contributed by atoms with E-state index >= 15 is 0 Å². The zero-order chi connectivity index (χ0) is 16.8. The molecule has 0 bridgehead atoms. The van der Waals surface area contributed by atoms with Gasteiger partial charge in [-0.1, -0.05) is 5.16 Å². The molecular formula is C15H21N5O3S. The highest BCUT2D eigenvalue weighted by Gasteiger charge is 2.22. The predicted molar refractivity (Wildman–Crippen MR) is 87.8 cm³/mol. The van der Waals surface area contributed by atoms with E-state index in [0.717, 1.165) is 26.1 Å². The number of rotatable bonds is 6. The van der Waals surface area contributed by atoms with Crippen LogP contribution in [0.1, 0.15) is 28.6 Å². The molecule has 0 aliphatic carbocycles. The lowest BCUT2D eigenvalue weighted by molar-refractivity contribution is 0.0755. The van der Waals surface area contributed by atoms with Crippen LogP contribution in [0.2, 0.25) is 0 Å². The smallest absolute Gasteiger partial charge is 0.273 e. The lowest BCUT2D eigenvalue weighted by Gasteiger charge is -2.20. The van der Waals surface area contributed by atoms with Crippen molar-refractivity contribution in [2.24, 2.45) is 0 Å². The normalized spacial score (nSPS) is 16.3. The van der Waals surface area contributed by atoms with Crippen molar-refractivity contribution in [1.29, 1.82) is 0 Å². The van der Waals surface area contributed by atoms with E-state index in [9.17, 15) is 4.79 Å². The zero-order valence-electron chi connectivity index (χ0n) is 13.7. The van der Waals surface area contributed by atoms with Crippen LogP contribution >= 0.6 is 11.3 Å². The molecule has 24 heavy (non-hydrogen) atoms. The highest BCUT2D eigenvalue weighted by Crippen LogP contribution is 2.11. The van der Waals surface area contributed by atoms with Crippen LogP contribution in [0, 0.1) is 0 Å². The first-order valence-corrected chi connectivity index (χ1v) is 8.91. The summed E-state index contributed by atoms with van der Waals surface area (Å²) >= 11 is 1.44. The van der Waals surface area contributed by atoms with E-state index in [1.807, 2.05) is 4.90 Å². The Labute approximate surface area is 144 Å². The molecule has 0 atom stereocenters. The fraction of sp³-hybridized carbons (Fsp3) is 0.600. The Balaban J connectivity index is 1.52. The second kappa shape index (κ2) is 8.32. The first-order chi connectivity index (χ1) is 11.8. The topological polar surface area (TPSA) is 84.6 Å². The first-order valence-electron chi connectivity index (χ1n) is 7.96. The van der Waals surface area contributed by atoms with E-state index in [1.165, 1.54) is 11.3 Å². The van der Waals surface area contributed by atoms with Gasteiger partial charge in [0.05, 0.1) is 18.7 Å². The van der Waals surface area contributed by atoms with E-state index in [-0.39, 0.29) is 5.91 Å². The van der Waals surface area contributed by atoms with Gasteiger partial charge >= 0.3 is 0 Å². The van der Waals surface area contributed by atoms with E-state index < -0.39 is 0 Å². The lowest BCUT2D eigenvalue weighted by Crippen LogP contribution is -2.35. The molecule has 1 aliphatic heterocycles. The van der Waals surface area contributed by atoms with Crippen LogP contribution in [0.5, 0.6) is 0 Å². The van der Waals surface area contributed by atoms with Crippen molar-refractivity contribution in [1.82, 2.24) is 24.9 Å². The molecule has 0 N–H and O–H groups in total. The second-order valence-electron chi connectivity index (χ2n) is 5.64. The number of amides is 1. The Hall–Kier alpha value is -1.84. The molecule has 3 heterocycles. The maximum absolute atomic E-state index is 12.4. The van der Waals surface area contributed by atoms with Crippen molar-refractivity contribution in [3.63, 3.8) is 0 Å². The number of hydrogen-bond donors (Lipinski definition) is 0. The standard InChI is InChI=1S/C15H21N5O3S/c1-22-8-3-13-17-14(23-18-13)9-19-4-2-5-20(7-6-19)15(21)12-10-24-11-16-12/h10-11H,2-9H2,1H3. The van der Waals surface area contributed by atoms with Gasteiger partial charge in [0.25, 0.3) is 5.91 Å². The van der Waals surface area contributed by atoms with Gasteiger partial charge in [-0.3, -0.25) is 9.69 Å². The third kappa shape index (κ3) is 4.37. The van der Waals surface area contributed by atoms with Gasteiger partial charge in [0.1, 0.15) is 5.69 Å². The highest BCUT2D eigenvalue weighted by atomic mass is 32.1. The highest BCUT2D eigenvalue weighted by molar-refractivity contribution is 7.07. The largest absolute Gasteiger partial charge is 0.384 e. The van der Waals surface area contributed by atoms with Crippen molar-refractivity contribution in [3.8, 4) is 0 Å². The number of methoxy groups -OCH3 is 1. The summed E-state index contributed by atoms with van der Waals surface area (Å²) in [5.74, 6) is 1.29. The van der Waals surface area contributed by atoms with Gasteiger partial charge in [0.15, 0.2) is 5.82 Å². The van der Waals surface area contributed by atoms with Crippen LogP contribution in [0.4, 0.5) is 0 Å². The molecule has 2 aromatic rings. The minimum absolute atomic E-state index is 0.0118. The number of nitrogens with zero attached hydrogens (tertiary/aromatic N) is 5. The van der Waals surface area contributed by atoms with E-state index in [0.29, 0.717) is 43.5 Å². The monoisotopic (exact) mass is 351 g/mol. The second-order valence-corrected chi connectivity index (χ2v) is 6.36. The number of ether oxygens (including phenoxy) is 1. The fourth-order valence-corrected chi connectivity index (χ4v) is 3.18. The number of aromatic nitrogens is 3. The van der Waals surface area contributed by atoms with Gasteiger partial charge in [0, 0.05) is 45.1 Å². The van der Waals surface area contributed by atoms with Crippen LogP contribution in [-0.4, -0.2) is 70.7 Å². The number of hydrogen-bond acceptors (Lipinski definition) is 8. The maximum atomic E-state index is 12.4. The van der Waals surface area contributed by atoms with Gasteiger partial charge < -0.3 is 14.2 Å². The quantitative estimate of drug-likeness (QED) is 0.769. The van der Waals surface area contributed by atoms with Gasteiger partial charge in [-0.15, -0.1) is 11.3 Å². The van der Waals surface area contributed by atoms with Gasteiger partial charge in [0.2, 0.25) is 5.89 Å². The van der Waals surface area contributed by atoms with Crippen LogP contribution in [0.15, 0.2) is 15.4 Å². The van der Waals surface area contributed by atoms with Crippen LogP contribution in [0.25, 0.3) is 0 Å². The van der Waals surface area contributed by atoms with Crippen LogP contribution < -0.4 is 0 Å². The van der Waals surface area contributed by atoms with Crippen molar-refractivity contribution in [2.75, 3.05) is 39.9 Å². The number of carbonyl (C=O) groups excluding carboxylic acids is 1. The third-order valence-corrected chi connectivity index (χ3v) is 4.51. The molecule has 2 aromatic heterocycles. The maximum Gasteiger partial charge on any atom is 0.273 e. The molecule has 0 saturated carbocycles. The Morgan fingerprint density at radius 2 is 2.29 bits per heavy atom. The molecule has 130 valence electrons. The SMILES string of the molecule is COCCc1noc(CN2CCCN(C(=O)c3cscn3)CC2)n1. The summed E-state index contributed by atoms with van der Waals surface area (Å²) < 4.78 is 10.3. The first kappa shape index (κ1) is 17.0. The van der Waals surface area contributed by atoms with Gasteiger partial charge in [-0.2, -0.15) is 4.98 Å². The lowest BCUT2D eigenvalue weighted by atomic mass is 10.3. The Bertz CT molecular complexity index is 645. The molecule has 8 nitrogen and oxygen atoms in total. The van der Waals surface area contributed by atoms with Crippen molar-refractivity contribution in [2.45, 2.75) is 19.4 Å². The van der Waals surface area contributed by atoms with Gasteiger partial charge in [-0.25, -0.2) is 4.98 Å². The summed E-state index contributed by atoms with van der Waals surface area (Å²) in [6, 6.07) is 0. The third-order valence-electron chi connectivity index (χ3n) is 3.93. The Morgan fingerprint density at radius 3 is 3.08 bits per heavy atom. The van der Waals surface area contributed by atoms with E-state index in [2.05, 4.69) is 20.0 Å². The predicted octanol–water partition coefficient (Wildman–Crippen LogP) is 1.06. The molecule has 9 heteroatoms. The molecule has 0 unspecified atom stereocenters. The zero-order valence-corrected chi connectivity index (χ0v) is 14.5. The average molecular weight is 351 g/mol. The molecule has 1 amide bonds. The van der Waals surface area contributed by atoms with Gasteiger partial charge in [-0.05, 0) is 6.42 Å². The average Bonchev–Trinajstić information content (AvgIpc) is 3.22. The molecule has 3 rings (SSSR count). The van der Waals surface area contributed by atoms with Crippen molar-refractivity contribution < 1.29 is 14.1 Å². The Kier molecular flexibility index (Phi) is 5.89. The van der Waals surface area contributed by atoms with Crippen LogP contribution in [-0.2, 0) is 17.7 Å². The van der Waals surface area contributed by atoms with Crippen molar-refractivity contribution in [3.05, 3.63) is 28.3 Å². The number of carbonyl (C=O) groups is 1. The minimum atomic E-state index is 0.0118. The Morgan fingerprint density at radius 1 is 1.38 bits per heavy atom. The summed E-state index contributed by atoms with van der Waals surface area (Å²) in [6.45, 7) is 4.30. The molecule has 1 saturated heterocycles.